The van der Waals surface area contributed by atoms with Crippen LogP contribution in [0.4, 0.5) is 58.2 Å². The molecule has 8 N–H and O–H groups in total. The van der Waals surface area contributed by atoms with E-state index in [2.05, 4.69) is 242 Å². The summed E-state index contributed by atoms with van der Waals surface area (Å²) in [6.07, 6.45) is 20.2. The van der Waals surface area contributed by atoms with Crippen molar-refractivity contribution in [1.82, 2.24) is 119 Å². The van der Waals surface area contributed by atoms with Crippen molar-refractivity contribution < 1.29 is 73.8 Å². The van der Waals surface area contributed by atoms with E-state index < -0.39 is 73.9 Å². The van der Waals surface area contributed by atoms with E-state index in [4.69, 9.17) is 40.3 Å². The predicted octanol–water partition coefficient (Wildman–Crippen LogP) is 14.9. The number of aryl methyl sites for hydroxylation is 3. The molecule has 4 amide bonds. The number of hydrogen-bond acceptors (Lipinski definition) is 38. The Morgan fingerprint density at radius 2 is 0.870 bits per heavy atom. The van der Waals surface area contributed by atoms with Crippen molar-refractivity contribution in [3.63, 3.8) is 0 Å². The van der Waals surface area contributed by atoms with E-state index >= 15 is 0 Å². The number of esters is 1. The van der Waals surface area contributed by atoms with Gasteiger partial charge in [0.1, 0.15) is 72.2 Å². The number of pyridine rings is 3. The molecule has 772 valence electrons. The molecule has 53 heteroatoms. The van der Waals surface area contributed by atoms with Crippen LogP contribution in [0.1, 0.15) is 195 Å². The van der Waals surface area contributed by atoms with E-state index in [9.17, 15) is 28.8 Å². The average Bonchev–Trinajstić information content (AvgIpc) is 1.76. The number of amides is 4. The number of aromatic nitrogens is 24. The highest BCUT2D eigenvalue weighted by Crippen LogP contribution is 2.42. The number of halogens is 6. The van der Waals surface area contributed by atoms with Gasteiger partial charge in [-0.3, -0.25) is 53.5 Å². The van der Waals surface area contributed by atoms with E-state index in [1.54, 1.807) is 46.5 Å². The lowest BCUT2D eigenvalue weighted by atomic mass is 9.85. The zero-order valence-corrected chi connectivity index (χ0v) is 91.6. The van der Waals surface area contributed by atoms with Crippen LogP contribution >= 0.6 is 95.6 Å². The monoisotopic (exact) mass is 2390 g/mol. The van der Waals surface area contributed by atoms with E-state index in [1.807, 2.05) is 72.7 Å². The minimum atomic E-state index is -2.42. The van der Waals surface area contributed by atoms with Crippen LogP contribution in [0.25, 0.3) is 57.1 Å². The summed E-state index contributed by atoms with van der Waals surface area (Å²) in [5.41, 5.74) is 0.185. The molecular weight excluding hydrogens is 2280 g/mol. The zero-order chi connectivity index (χ0) is 116. The second-order valence-electron chi connectivity index (χ2n) is 36.2. The lowest BCUT2D eigenvalue weighted by Crippen LogP contribution is -2.52. The second kappa shape index (κ2) is 47.3. The SMILES string of the molecule is COC(=O)CNc1ncc(Br)nc1Br.Cc1nc(-c2ncn(C3CCCCO3)n2)ccc1Br.O=C(O)CNc1ncc(Br)nc1Br.[2H]C([2H])([2H])C(C)(C)N1C(=O)CNc2ncc(-c3ccc(-c4ncn(C5CCCCO5)n4)nc3C)nc21.[2H]C([2H])([2H])C(C)(C)N1C(=O)CNc2ncc(-c3ccc(-c4ncn[nH]4)nc3C)nc21.[2H]C([2H])([2H])C(C)(C)N1C(=O)CNc2ncc(B3OC(C)(C)C(C)(C)O3)nc21.[2H]C([2H])([2H])C(C)(C)N1C(=O)CNc2ncc(Br)nc21. The largest absolute Gasteiger partial charge is 0.516 e. The summed E-state index contributed by atoms with van der Waals surface area (Å²) in [5.74, 6) is 2.02. The van der Waals surface area contributed by atoms with Gasteiger partial charge < -0.3 is 60.5 Å². The molecule has 12 aromatic heterocycles. The van der Waals surface area contributed by atoms with Gasteiger partial charge in [0.15, 0.2) is 88.1 Å². The van der Waals surface area contributed by atoms with E-state index in [0.29, 0.717) is 126 Å². The van der Waals surface area contributed by atoms with Crippen molar-refractivity contribution in [3.05, 3.63) is 137 Å². The van der Waals surface area contributed by atoms with Crippen LogP contribution < -0.4 is 57.1 Å². The summed E-state index contributed by atoms with van der Waals surface area (Å²) in [6.45, 7) is 17.0. The van der Waals surface area contributed by atoms with Gasteiger partial charge in [-0.15, -0.1) is 10.2 Å². The number of aliphatic carboxylic acids is 1. The van der Waals surface area contributed by atoms with Gasteiger partial charge >= 0.3 is 19.1 Å². The van der Waals surface area contributed by atoms with E-state index in [0.717, 1.165) is 61.2 Å². The Labute approximate surface area is 910 Å². The number of carbonyl (C=O) groups is 6. The first-order valence-corrected chi connectivity index (χ1v) is 50.1. The van der Waals surface area contributed by atoms with Crippen molar-refractivity contribution in [2.75, 3.05) is 111 Å². The van der Waals surface area contributed by atoms with Gasteiger partial charge in [-0.1, -0.05) is 0 Å². The van der Waals surface area contributed by atoms with Crippen molar-refractivity contribution in [1.29, 1.82) is 0 Å². The van der Waals surface area contributed by atoms with Gasteiger partial charge in [-0.05, 0) is 302 Å². The molecule has 2 unspecified atom stereocenters. The van der Waals surface area contributed by atoms with Crippen LogP contribution in [-0.2, 0) is 52.3 Å². The number of anilines is 10. The lowest BCUT2D eigenvalue weighted by Gasteiger charge is -2.38. The Kier molecular flexibility index (Phi) is 30.7. The molecule has 0 spiro atoms. The summed E-state index contributed by atoms with van der Waals surface area (Å²) < 4.78 is 129. The summed E-state index contributed by atoms with van der Waals surface area (Å²) in [5, 5.41) is 40.9. The topological polar surface area (TPSA) is 550 Å². The number of nitrogens with zero attached hydrogens (tertiary/aromatic N) is 27. The number of carboxylic acid groups (broad SMARTS) is 1. The van der Waals surface area contributed by atoms with Crippen molar-refractivity contribution in [2.45, 2.75) is 216 Å². The van der Waals surface area contributed by atoms with Gasteiger partial charge in [0.25, 0.3) is 0 Å². The van der Waals surface area contributed by atoms with Crippen LogP contribution in [0.2, 0.25) is 0 Å². The minimum Gasteiger partial charge on any atom is -0.480 e. The number of hydrogen-bond donors (Lipinski definition) is 8. The molecule has 3 saturated heterocycles. The molecule has 7 aliphatic rings. The smallest absolute Gasteiger partial charge is 0.480 e. The molecule has 2 atom stereocenters. The van der Waals surface area contributed by atoms with Gasteiger partial charge in [0, 0.05) is 85.0 Å². The maximum absolute atomic E-state index is 12.8. The molecule has 0 aromatic carbocycles. The molecule has 19 rings (SSSR count). The van der Waals surface area contributed by atoms with E-state index in [1.165, 1.54) is 120 Å². The number of fused-ring (bicyclic) bond motifs is 4. The molecule has 19 heterocycles. The first-order chi connectivity index (χ1) is 73.9. The van der Waals surface area contributed by atoms with E-state index in [-0.39, 0.29) is 105 Å². The molecule has 0 bridgehead atoms. The number of H-pyrrole nitrogens is 1. The molecule has 146 heavy (non-hydrogen) atoms. The number of methoxy groups -OCH3 is 1. The zero-order valence-electron chi connectivity index (χ0n) is 94.1. The summed E-state index contributed by atoms with van der Waals surface area (Å²) in [6, 6.07) is 11.1. The fourth-order valence-electron chi connectivity index (χ4n) is 14.9. The molecule has 0 radical (unpaired) electrons. The van der Waals surface area contributed by atoms with Crippen LogP contribution in [0.15, 0.2) is 120 Å². The Morgan fingerprint density at radius 1 is 0.479 bits per heavy atom. The molecule has 46 nitrogen and oxygen atoms in total. The molecule has 7 aliphatic heterocycles. The van der Waals surface area contributed by atoms with Gasteiger partial charge in [0.05, 0.1) is 98.2 Å². The number of aromatic amines is 1. The van der Waals surface area contributed by atoms with Crippen LogP contribution in [0.5, 0.6) is 0 Å². The fourth-order valence-corrected chi connectivity index (χ4v) is 17.3. The third-order valence-corrected chi connectivity index (χ3v) is 25.5. The molecular formula is C93H113BBr6N34O12. The van der Waals surface area contributed by atoms with Gasteiger partial charge in [0.2, 0.25) is 23.6 Å². The average molecular weight is 2400 g/mol. The maximum atomic E-state index is 12.8. The van der Waals surface area contributed by atoms with Gasteiger partial charge in [-0.2, -0.15) is 5.10 Å². The maximum Gasteiger partial charge on any atom is 0.516 e. The molecule has 12 aromatic rings. The van der Waals surface area contributed by atoms with Gasteiger partial charge in [-0.25, -0.2) is 99.1 Å². The van der Waals surface area contributed by atoms with Crippen molar-refractivity contribution in [3.8, 4) is 57.1 Å². The molecule has 3 fully saturated rings. The van der Waals surface area contributed by atoms with Crippen LogP contribution in [-0.4, -0.2) is 260 Å². The summed E-state index contributed by atoms with van der Waals surface area (Å²) in [4.78, 5) is 154. The molecule has 0 aliphatic carbocycles. The lowest BCUT2D eigenvalue weighted by molar-refractivity contribution is -0.138. The number of carboxylic acids is 1. The fraction of sp³-hybridized carbons (Fsp3) is 0.452. The first-order valence-electron chi connectivity index (χ1n) is 51.3. The quantitative estimate of drug-likeness (QED) is 0.0370. The normalized spacial score (nSPS) is 18.1. The third-order valence-electron chi connectivity index (χ3n) is 22.4. The van der Waals surface area contributed by atoms with Crippen molar-refractivity contribution >= 4 is 202 Å². The highest BCUT2D eigenvalue weighted by Gasteiger charge is 2.53. The number of nitrogens with one attached hydrogen (secondary N) is 7. The second-order valence-corrected chi connectivity index (χ2v) is 41.0. The molecule has 0 saturated carbocycles. The minimum absolute atomic E-state index is 0.00280. The number of carbonyl (C=O) groups excluding carboxylic acids is 5. The van der Waals surface area contributed by atoms with Crippen LogP contribution in [0.3, 0.4) is 0 Å². The van der Waals surface area contributed by atoms with Crippen molar-refractivity contribution in [2.24, 2.45) is 0 Å². The highest BCUT2D eigenvalue weighted by molar-refractivity contribution is 9.11. The summed E-state index contributed by atoms with van der Waals surface area (Å²) >= 11 is 19.3. The Hall–Kier alpha value is -12.2. The first kappa shape index (κ1) is 94.7. The Bertz CT molecular complexity index is 7240. The number of ether oxygens (including phenoxy) is 3. The third kappa shape index (κ3) is 27.8. The number of rotatable bonds is 14. The Balaban J connectivity index is 0.000000157. The predicted molar refractivity (Wildman–Crippen MR) is 570 cm³/mol. The standard InChI is InChI=1S/C23H28N8O2.C18H20N8O.C16H25BN4O3.C13H15BrN4O.C10H13BrN4O.C7H7Br2N3O2.C6H5Br2N3O2/c1-14-15(17-11-24-21-22(28-17)31(23(2,3)4)18(32)12-25-21)8-9-16(27-14)20-26-13-30(29-20)19-7-5-6-10-33-19;1-10-11(5-6-12(23-10)15-21-9-22-25-15)13-7-19-16-17(24-13)26(18(2,3)4)14(27)8-20-16;1-14(2,3)21-11(22)9-19-12-13(21)20-10(8-18-12)17-23-15(4,5)16(6,7)24-17;1-9-10(14)5-6-11(16-9)13-15-8-18(17-13)12-4-2-3-7-19-12;1-10(2,3)15-7(16)5-13-8-9(15)14-6(11)4-12-8;1-14-5(13)3-11-7-6(9)12-4(8)2-10-7;7-3-1-9-6(5(8)11-3)10-2-4(12)13/h8-9,11,13,19H,5-7,10,12H2,1-4H3,(H,24,25);5-7,9H,8H2,1-4H3,(H,19,20)(H,21,22,25);8H,9H2,1-7H3,(H,18,19);5-6,8,12H,2-4,7H2,1H3;4H,5H2,1-3H3,(H,12,13);2H,3H2,1H3,(H,10,11);1H,2H2,(H,9,10)(H,12,13)/i2*2D3;1D3;;1D3;;. The highest BCUT2D eigenvalue weighted by atomic mass is 79.9. The summed E-state index contributed by atoms with van der Waals surface area (Å²) in [7, 11) is 0.564. The Morgan fingerprint density at radius 3 is 1.27 bits per heavy atom. The van der Waals surface area contributed by atoms with Crippen LogP contribution in [0, 0.1) is 20.8 Å².